The lowest BCUT2D eigenvalue weighted by Crippen LogP contribution is -2.41. The Hall–Kier alpha value is -1.14. The quantitative estimate of drug-likeness (QED) is 0.0555. The number of carbonyl (C=O) groups is 2. The molecule has 0 saturated carbocycles. The maximum absolute atomic E-state index is 12.2. The second kappa shape index (κ2) is 32.3. The van der Waals surface area contributed by atoms with Crippen LogP contribution in [0.25, 0.3) is 0 Å². The fraction of sp³-hybridized carbons (Fsp3) is 0.946. The summed E-state index contributed by atoms with van der Waals surface area (Å²) in [7, 11) is 0. The van der Waals surface area contributed by atoms with Gasteiger partial charge in [0.2, 0.25) is 0 Å². The van der Waals surface area contributed by atoms with E-state index in [4.69, 9.17) is 9.47 Å². The number of hydrogen-bond acceptors (Lipinski definition) is 6. The molecule has 0 fully saturated rings. The van der Waals surface area contributed by atoms with Gasteiger partial charge >= 0.3 is 11.9 Å². The topological polar surface area (TPSA) is 93.1 Å². The van der Waals surface area contributed by atoms with Crippen molar-refractivity contribution < 1.29 is 29.3 Å². The molecular formula is C37H72O6. The normalized spacial score (nSPS) is 11.6. The van der Waals surface area contributed by atoms with Crippen LogP contribution in [-0.4, -0.2) is 48.6 Å². The summed E-state index contributed by atoms with van der Waals surface area (Å²) >= 11 is 0. The van der Waals surface area contributed by atoms with Crippen molar-refractivity contribution in [3.8, 4) is 0 Å². The Bertz CT molecular complexity index is 556. The molecule has 0 unspecified atom stereocenters. The van der Waals surface area contributed by atoms with E-state index in [0.717, 1.165) is 38.5 Å². The summed E-state index contributed by atoms with van der Waals surface area (Å²) in [5, 5.41) is 19.7. The summed E-state index contributed by atoms with van der Waals surface area (Å²) in [5.41, 5.74) is -1.16. The molecule has 0 radical (unpaired) electrons. The summed E-state index contributed by atoms with van der Waals surface area (Å²) in [6, 6.07) is 0. The van der Waals surface area contributed by atoms with Crippen molar-refractivity contribution in [2.24, 2.45) is 5.41 Å². The Morgan fingerprint density at radius 3 is 0.884 bits per heavy atom. The lowest BCUT2D eigenvalue weighted by atomic mass is 9.92. The van der Waals surface area contributed by atoms with E-state index in [0.29, 0.717) is 12.8 Å². The number of rotatable bonds is 34. The van der Waals surface area contributed by atoms with Gasteiger partial charge in [-0.2, -0.15) is 0 Å². The van der Waals surface area contributed by atoms with E-state index in [1.54, 1.807) is 0 Å². The van der Waals surface area contributed by atoms with Crippen LogP contribution in [0.5, 0.6) is 0 Å². The van der Waals surface area contributed by atoms with Gasteiger partial charge in [0.25, 0.3) is 0 Å². The van der Waals surface area contributed by atoms with Gasteiger partial charge in [-0.05, 0) is 12.8 Å². The monoisotopic (exact) mass is 613 g/mol. The third-order valence-electron chi connectivity index (χ3n) is 8.72. The second-order valence-electron chi connectivity index (χ2n) is 13.1. The number of hydrogen-bond donors (Lipinski definition) is 2. The van der Waals surface area contributed by atoms with Crippen LogP contribution in [-0.2, 0) is 19.1 Å². The molecule has 6 heteroatoms. The van der Waals surface area contributed by atoms with Crippen LogP contribution >= 0.6 is 0 Å². The first-order chi connectivity index (χ1) is 21.0. The molecule has 0 spiro atoms. The molecule has 6 nitrogen and oxygen atoms in total. The zero-order valence-corrected chi connectivity index (χ0v) is 28.7. The highest BCUT2D eigenvalue weighted by atomic mass is 16.5. The number of esters is 2. The van der Waals surface area contributed by atoms with Crippen molar-refractivity contribution in [2.75, 3.05) is 26.4 Å². The molecule has 0 aromatic heterocycles. The predicted molar refractivity (Wildman–Crippen MR) is 179 cm³/mol. The summed E-state index contributed by atoms with van der Waals surface area (Å²) in [6.45, 7) is 3.38. The highest BCUT2D eigenvalue weighted by Crippen LogP contribution is 2.19. The lowest BCUT2D eigenvalue weighted by molar-refractivity contribution is -0.159. The average molecular weight is 613 g/mol. The molecule has 43 heavy (non-hydrogen) atoms. The maximum atomic E-state index is 12.2. The van der Waals surface area contributed by atoms with E-state index in [9.17, 15) is 19.8 Å². The van der Waals surface area contributed by atoms with Crippen LogP contribution in [0.1, 0.15) is 194 Å². The molecule has 0 saturated heterocycles. The Morgan fingerprint density at radius 1 is 0.419 bits per heavy atom. The number of ether oxygens (including phenoxy) is 2. The van der Waals surface area contributed by atoms with Gasteiger partial charge in [0, 0.05) is 12.8 Å². The zero-order chi connectivity index (χ0) is 31.7. The highest BCUT2D eigenvalue weighted by Gasteiger charge is 2.33. The van der Waals surface area contributed by atoms with Crippen LogP contribution in [0.2, 0.25) is 0 Å². The Balaban J connectivity index is 3.78. The molecule has 0 heterocycles. The first-order valence-corrected chi connectivity index (χ1v) is 18.6. The summed E-state index contributed by atoms with van der Waals surface area (Å²) < 4.78 is 10.7. The van der Waals surface area contributed by atoms with Crippen LogP contribution < -0.4 is 0 Å². The summed E-state index contributed by atoms with van der Waals surface area (Å²) in [4.78, 5) is 24.4. The van der Waals surface area contributed by atoms with E-state index < -0.39 is 18.6 Å². The first kappa shape index (κ1) is 41.9. The Morgan fingerprint density at radius 2 is 0.651 bits per heavy atom. The number of aliphatic hydroxyl groups excluding tert-OH is 2. The Kier molecular flexibility index (Phi) is 31.4. The van der Waals surface area contributed by atoms with Crippen molar-refractivity contribution >= 4 is 11.9 Å². The minimum absolute atomic E-state index is 0.150. The fourth-order valence-corrected chi connectivity index (χ4v) is 5.46. The van der Waals surface area contributed by atoms with Crippen LogP contribution in [0.15, 0.2) is 0 Å². The van der Waals surface area contributed by atoms with Gasteiger partial charge in [0.15, 0.2) is 0 Å². The molecule has 0 atom stereocenters. The minimum atomic E-state index is -1.16. The number of unbranched alkanes of at least 4 members (excludes halogenated alkanes) is 24. The molecule has 0 amide bonds. The van der Waals surface area contributed by atoms with E-state index in [2.05, 4.69) is 13.8 Å². The molecule has 0 aliphatic rings. The van der Waals surface area contributed by atoms with Gasteiger partial charge in [0.05, 0.1) is 18.6 Å². The van der Waals surface area contributed by atoms with Crippen molar-refractivity contribution in [2.45, 2.75) is 194 Å². The minimum Gasteiger partial charge on any atom is -0.465 e. The van der Waals surface area contributed by atoms with E-state index >= 15 is 0 Å². The molecule has 0 aliphatic carbocycles. The largest absolute Gasteiger partial charge is 0.465 e. The molecule has 0 rings (SSSR count). The van der Waals surface area contributed by atoms with Crippen molar-refractivity contribution in [1.29, 1.82) is 0 Å². The highest BCUT2D eigenvalue weighted by molar-refractivity contribution is 5.69. The van der Waals surface area contributed by atoms with Gasteiger partial charge in [0.1, 0.15) is 13.2 Å². The zero-order valence-electron chi connectivity index (χ0n) is 28.7. The second-order valence-corrected chi connectivity index (χ2v) is 13.1. The molecular weight excluding hydrogens is 540 g/mol. The molecule has 2 N–H and O–H groups in total. The van der Waals surface area contributed by atoms with E-state index in [1.165, 1.54) is 128 Å². The molecule has 0 bridgehead atoms. The van der Waals surface area contributed by atoms with Crippen molar-refractivity contribution in [1.82, 2.24) is 0 Å². The molecule has 0 aromatic rings. The smallest absolute Gasteiger partial charge is 0.305 e. The molecule has 0 aromatic carbocycles. The molecule has 0 aliphatic heterocycles. The Labute approximate surface area is 266 Å². The number of aliphatic hydroxyl groups is 2. The van der Waals surface area contributed by atoms with Gasteiger partial charge in [-0.3, -0.25) is 9.59 Å². The standard InChI is InChI=1S/C37H72O6/c1-3-5-7-9-11-13-15-17-19-21-23-25-27-29-35(40)42-33-37(31-38,32-39)34-43-36(41)30-28-26-24-22-20-18-16-14-12-10-8-6-4-2/h38-39H,3-34H2,1-2H3. The average Bonchev–Trinajstić information content (AvgIpc) is 3.02. The van der Waals surface area contributed by atoms with Gasteiger partial charge in [-0.1, -0.05) is 168 Å². The van der Waals surface area contributed by atoms with Gasteiger partial charge in [-0.25, -0.2) is 0 Å². The van der Waals surface area contributed by atoms with E-state index in [1.807, 2.05) is 0 Å². The van der Waals surface area contributed by atoms with Crippen LogP contribution in [0.4, 0.5) is 0 Å². The fourth-order valence-electron chi connectivity index (χ4n) is 5.46. The molecule has 256 valence electrons. The first-order valence-electron chi connectivity index (χ1n) is 18.6. The van der Waals surface area contributed by atoms with E-state index in [-0.39, 0.29) is 25.2 Å². The van der Waals surface area contributed by atoms with Crippen molar-refractivity contribution in [3.63, 3.8) is 0 Å². The lowest BCUT2D eigenvalue weighted by Gasteiger charge is -2.28. The predicted octanol–water partition coefficient (Wildman–Crippen LogP) is 10.0. The van der Waals surface area contributed by atoms with Crippen LogP contribution in [0.3, 0.4) is 0 Å². The third kappa shape index (κ3) is 28.1. The summed E-state index contributed by atoms with van der Waals surface area (Å²) in [5.74, 6) is -0.653. The van der Waals surface area contributed by atoms with Gasteiger partial charge < -0.3 is 19.7 Å². The maximum Gasteiger partial charge on any atom is 0.305 e. The van der Waals surface area contributed by atoms with Crippen LogP contribution in [0, 0.1) is 5.41 Å². The third-order valence-corrected chi connectivity index (χ3v) is 8.72. The SMILES string of the molecule is CCCCCCCCCCCCCCCC(=O)OCC(CO)(CO)COC(=O)CCCCCCCCCCCCCCC. The van der Waals surface area contributed by atoms with Crippen molar-refractivity contribution in [3.05, 3.63) is 0 Å². The number of carbonyl (C=O) groups excluding carboxylic acids is 2. The van der Waals surface area contributed by atoms with Gasteiger partial charge in [-0.15, -0.1) is 0 Å². The summed E-state index contributed by atoms with van der Waals surface area (Å²) in [6.07, 6.45) is 33.1.